The number of aryl methyl sites for hydroxylation is 2. The fourth-order valence-corrected chi connectivity index (χ4v) is 2.55. The van der Waals surface area contributed by atoms with Crippen LogP contribution in [0.5, 0.6) is 0 Å². The molecule has 0 unspecified atom stereocenters. The molecule has 3 rings (SSSR count). The zero-order valence-corrected chi connectivity index (χ0v) is 14.9. The van der Waals surface area contributed by atoms with E-state index in [0.29, 0.717) is 5.69 Å². The molecule has 0 atom stereocenters. The third kappa shape index (κ3) is 2.81. The van der Waals surface area contributed by atoms with E-state index in [1.54, 1.807) is 6.33 Å². The third-order valence-corrected chi connectivity index (χ3v) is 3.56. The number of hydrogen-bond donors (Lipinski definition) is 0. The van der Waals surface area contributed by atoms with Crippen LogP contribution in [0.3, 0.4) is 0 Å². The molecule has 2 aromatic carbocycles. The van der Waals surface area contributed by atoms with Gasteiger partial charge in [-0.15, -0.1) is 5.69 Å². The van der Waals surface area contributed by atoms with Crippen molar-refractivity contribution in [2.75, 3.05) is 0 Å². The summed E-state index contributed by atoms with van der Waals surface area (Å²) in [7, 11) is 1.93. The number of aliphatic imine (C=N–C) groups is 1. The summed E-state index contributed by atoms with van der Waals surface area (Å²) in [6, 6.07) is 12.5. The van der Waals surface area contributed by atoms with Gasteiger partial charge in [-0.2, -0.15) is 6.72 Å². The largest absolute Gasteiger partial charge is 0.478 e. The van der Waals surface area contributed by atoms with Gasteiger partial charge in [-0.25, -0.2) is 4.98 Å². The average Bonchev–Trinajstić information content (AvgIpc) is 2.48. The summed E-state index contributed by atoms with van der Waals surface area (Å²) in [4.78, 5) is 7.79. The van der Waals surface area contributed by atoms with E-state index in [1.165, 1.54) is 16.3 Å². The Morgan fingerprint density at radius 3 is 2.71 bits per heavy atom. The summed E-state index contributed by atoms with van der Waals surface area (Å²) in [5.74, 6) is 0. The van der Waals surface area contributed by atoms with Crippen LogP contribution in [0, 0.1) is 13.1 Å². The molecule has 4 heteroatoms. The summed E-state index contributed by atoms with van der Waals surface area (Å²) in [5.41, 5.74) is 3.77. The van der Waals surface area contributed by atoms with Crippen LogP contribution in [0.2, 0.25) is 0 Å². The van der Waals surface area contributed by atoms with Crippen LogP contribution in [-0.4, -0.2) is 11.7 Å². The first kappa shape index (κ1) is 15.9. The predicted molar refractivity (Wildman–Crippen MR) is 80.1 cm³/mol. The Bertz CT molecular complexity index is 812. The summed E-state index contributed by atoms with van der Waals surface area (Å²) < 4.78 is 1.92. The Labute approximate surface area is 149 Å². The first-order valence-electron chi connectivity index (χ1n) is 6.38. The fourth-order valence-electron chi connectivity index (χ4n) is 2.55. The van der Waals surface area contributed by atoms with Crippen molar-refractivity contribution < 1.29 is 37.3 Å². The molecule has 21 heavy (non-hydrogen) atoms. The Kier molecular flexibility index (Phi) is 4.97. The maximum absolute atomic E-state index is 5.46. The Balaban J connectivity index is 0.00000161. The SMILES string of the molecule is [CH-]=Nc1[c-]nc[n+](C)c1-c1ccc2ccccc2c1C.[Y]. The van der Waals surface area contributed by atoms with E-state index in [1.807, 2.05) is 23.7 Å². The Hall–Kier alpha value is -1.45. The molecule has 0 spiro atoms. The van der Waals surface area contributed by atoms with Gasteiger partial charge in [0, 0.05) is 32.7 Å². The molecule has 0 N–H and O–H groups in total. The standard InChI is InChI=1S/C17H14N3.Y/c1-12-14-7-5-4-6-13(14)8-9-15(12)17-16(18-2)10-19-11-20(17)3;/h2,4-9,11H,1,3H3;/q-1;. The van der Waals surface area contributed by atoms with Gasteiger partial charge >= 0.3 is 0 Å². The second kappa shape index (κ2) is 6.55. The average molecular weight is 349 g/mol. The van der Waals surface area contributed by atoms with Crippen molar-refractivity contribution in [3.05, 3.63) is 54.5 Å². The normalized spacial score (nSPS) is 10.2. The van der Waals surface area contributed by atoms with Gasteiger partial charge in [0.15, 0.2) is 6.33 Å². The molecule has 0 saturated carbocycles. The number of hydrogen-bond acceptors (Lipinski definition) is 2. The van der Waals surface area contributed by atoms with Crippen molar-refractivity contribution >= 4 is 23.2 Å². The van der Waals surface area contributed by atoms with Gasteiger partial charge in [0.05, 0.1) is 7.05 Å². The van der Waals surface area contributed by atoms with E-state index in [4.69, 9.17) is 6.72 Å². The minimum absolute atomic E-state index is 0. The molecule has 0 saturated heterocycles. The van der Waals surface area contributed by atoms with Crippen LogP contribution in [0.25, 0.3) is 22.0 Å². The van der Waals surface area contributed by atoms with Gasteiger partial charge in [-0.3, -0.25) is 0 Å². The fraction of sp³-hybridized carbons (Fsp3) is 0.118. The van der Waals surface area contributed by atoms with Crippen LogP contribution in [0.15, 0.2) is 47.7 Å². The molecule has 101 valence electrons. The molecular formula is C17H14N3Y-. The molecule has 3 aromatic rings. The molecule has 1 heterocycles. The van der Waals surface area contributed by atoms with Gasteiger partial charge < -0.3 is 9.56 Å². The summed E-state index contributed by atoms with van der Waals surface area (Å²) >= 11 is 0. The molecule has 1 radical (unpaired) electrons. The number of nitrogens with zero attached hydrogens (tertiary/aromatic N) is 3. The summed E-state index contributed by atoms with van der Waals surface area (Å²) in [6.07, 6.45) is 4.55. The van der Waals surface area contributed by atoms with E-state index in [2.05, 4.69) is 47.4 Å². The monoisotopic (exact) mass is 349 g/mol. The third-order valence-electron chi connectivity index (χ3n) is 3.56. The van der Waals surface area contributed by atoms with Gasteiger partial charge in [0.2, 0.25) is 0 Å². The van der Waals surface area contributed by atoms with E-state index >= 15 is 0 Å². The van der Waals surface area contributed by atoms with Crippen molar-refractivity contribution in [3.63, 3.8) is 0 Å². The quantitative estimate of drug-likeness (QED) is 0.397. The van der Waals surface area contributed by atoms with Crippen molar-refractivity contribution in [1.29, 1.82) is 0 Å². The first-order valence-corrected chi connectivity index (χ1v) is 6.38. The van der Waals surface area contributed by atoms with E-state index < -0.39 is 0 Å². The van der Waals surface area contributed by atoms with Crippen LogP contribution in [0.1, 0.15) is 5.56 Å². The molecule has 0 aliphatic carbocycles. The maximum Gasteiger partial charge on any atom is 0.174 e. The maximum atomic E-state index is 5.46. The minimum atomic E-state index is 0. The van der Waals surface area contributed by atoms with Crippen LogP contribution >= 0.6 is 0 Å². The van der Waals surface area contributed by atoms with Gasteiger partial charge in [0.25, 0.3) is 0 Å². The molecule has 0 aliphatic rings. The van der Waals surface area contributed by atoms with E-state index in [-0.39, 0.29) is 32.7 Å². The molecule has 3 nitrogen and oxygen atoms in total. The zero-order chi connectivity index (χ0) is 14.1. The Morgan fingerprint density at radius 2 is 1.95 bits per heavy atom. The number of benzene rings is 2. The van der Waals surface area contributed by atoms with Crippen molar-refractivity contribution in [1.82, 2.24) is 4.98 Å². The second-order valence-electron chi connectivity index (χ2n) is 4.75. The summed E-state index contributed by atoms with van der Waals surface area (Å²) in [5, 5.41) is 2.45. The first-order chi connectivity index (χ1) is 9.72. The van der Waals surface area contributed by atoms with Crippen LogP contribution < -0.4 is 4.57 Å². The Morgan fingerprint density at radius 1 is 1.19 bits per heavy atom. The molecule has 1 aromatic heterocycles. The molecule has 0 fully saturated rings. The van der Waals surface area contributed by atoms with E-state index in [9.17, 15) is 0 Å². The van der Waals surface area contributed by atoms with Gasteiger partial charge in [-0.1, -0.05) is 36.4 Å². The molecule has 0 bridgehead atoms. The molecule has 0 aliphatic heterocycles. The second-order valence-corrected chi connectivity index (χ2v) is 4.75. The van der Waals surface area contributed by atoms with Crippen LogP contribution in [-0.2, 0) is 39.8 Å². The van der Waals surface area contributed by atoms with Crippen molar-refractivity contribution in [3.8, 4) is 11.3 Å². The molecule has 0 amide bonds. The minimum Gasteiger partial charge on any atom is -0.478 e. The number of aromatic nitrogens is 2. The van der Waals surface area contributed by atoms with Gasteiger partial charge in [0.1, 0.15) is 0 Å². The number of fused-ring (bicyclic) bond motifs is 1. The van der Waals surface area contributed by atoms with Crippen molar-refractivity contribution in [2.24, 2.45) is 12.0 Å². The van der Waals surface area contributed by atoms with Gasteiger partial charge in [-0.05, 0) is 40.7 Å². The topological polar surface area (TPSA) is 29.1 Å². The number of rotatable bonds is 2. The predicted octanol–water partition coefficient (Wildman–Crippen LogP) is 3.04. The van der Waals surface area contributed by atoms with Crippen molar-refractivity contribution in [2.45, 2.75) is 6.92 Å². The zero-order valence-electron chi connectivity index (χ0n) is 12.0. The smallest absolute Gasteiger partial charge is 0.174 e. The van der Waals surface area contributed by atoms with E-state index in [0.717, 1.165) is 11.3 Å². The van der Waals surface area contributed by atoms with Crippen LogP contribution in [0.4, 0.5) is 5.69 Å². The summed E-state index contributed by atoms with van der Waals surface area (Å²) in [6.45, 7) is 7.57. The molecular weight excluding hydrogens is 335 g/mol.